The lowest BCUT2D eigenvalue weighted by Crippen LogP contribution is -2.48. The third-order valence-electron chi connectivity index (χ3n) is 5.83. The Hall–Kier alpha value is -3.42. The Kier molecular flexibility index (Phi) is 7.45. The van der Waals surface area contributed by atoms with Gasteiger partial charge in [0.15, 0.2) is 0 Å². The zero-order chi connectivity index (χ0) is 24.0. The number of aromatic nitrogens is 1. The van der Waals surface area contributed by atoms with Gasteiger partial charge in [-0.2, -0.15) is 4.72 Å². The quantitative estimate of drug-likeness (QED) is 0.302. The fourth-order valence-electron chi connectivity index (χ4n) is 3.95. The van der Waals surface area contributed by atoms with Crippen molar-refractivity contribution in [2.24, 2.45) is 0 Å². The number of aromatic amines is 1. The van der Waals surface area contributed by atoms with Crippen LogP contribution in [0.25, 0.3) is 10.9 Å². The molecule has 0 radical (unpaired) electrons. The van der Waals surface area contributed by atoms with Gasteiger partial charge in [-0.3, -0.25) is 4.79 Å². The lowest BCUT2D eigenvalue weighted by atomic mass is 10.0. The van der Waals surface area contributed by atoms with Gasteiger partial charge in [0.2, 0.25) is 15.9 Å². The van der Waals surface area contributed by atoms with Crippen LogP contribution in [0.1, 0.15) is 23.1 Å². The highest BCUT2D eigenvalue weighted by Gasteiger charge is 2.26. The van der Waals surface area contributed by atoms with Gasteiger partial charge in [0.25, 0.3) is 0 Å². The van der Waals surface area contributed by atoms with Crippen LogP contribution in [0.3, 0.4) is 0 Å². The second-order valence-electron chi connectivity index (χ2n) is 8.43. The minimum Gasteiger partial charge on any atom is -0.361 e. The molecule has 0 aliphatic carbocycles. The van der Waals surface area contributed by atoms with E-state index in [1.165, 1.54) is 5.56 Å². The van der Waals surface area contributed by atoms with Crippen molar-refractivity contribution in [2.75, 3.05) is 6.54 Å². The predicted octanol–water partition coefficient (Wildman–Crippen LogP) is 4.11. The predicted molar refractivity (Wildman–Crippen MR) is 135 cm³/mol. The monoisotopic (exact) mass is 475 g/mol. The third kappa shape index (κ3) is 5.92. The lowest BCUT2D eigenvalue weighted by Gasteiger charge is -2.19. The second kappa shape index (κ2) is 10.7. The molecule has 0 saturated heterocycles. The van der Waals surface area contributed by atoms with Crippen LogP contribution in [0.5, 0.6) is 0 Å². The van der Waals surface area contributed by atoms with E-state index in [-0.39, 0.29) is 17.2 Å². The van der Waals surface area contributed by atoms with E-state index < -0.39 is 16.1 Å². The minimum absolute atomic E-state index is 0.138. The van der Waals surface area contributed by atoms with Gasteiger partial charge in [0.1, 0.15) is 6.04 Å². The first-order valence-electron chi connectivity index (χ1n) is 11.4. The van der Waals surface area contributed by atoms with Crippen molar-refractivity contribution < 1.29 is 13.2 Å². The normalized spacial score (nSPS) is 12.5. The minimum atomic E-state index is -3.87. The molecule has 1 atom stereocenters. The number of benzene rings is 3. The number of hydrogen-bond donors (Lipinski definition) is 3. The van der Waals surface area contributed by atoms with E-state index in [0.29, 0.717) is 6.54 Å². The SMILES string of the molecule is Cc1ccc(S(=O)(=O)NC(Cc2c[nH]c3ccccc23)C(=O)NCCCc2ccccc2)cc1. The van der Waals surface area contributed by atoms with Crippen molar-refractivity contribution >= 4 is 26.8 Å². The van der Waals surface area contributed by atoms with Crippen LogP contribution in [0, 0.1) is 6.92 Å². The number of carbonyl (C=O) groups is 1. The summed E-state index contributed by atoms with van der Waals surface area (Å²) in [4.78, 5) is 16.5. The summed E-state index contributed by atoms with van der Waals surface area (Å²) in [5, 5.41) is 3.89. The average molecular weight is 476 g/mol. The number of carbonyl (C=O) groups excluding carboxylic acids is 1. The summed E-state index contributed by atoms with van der Waals surface area (Å²) in [6.07, 6.45) is 3.67. The van der Waals surface area contributed by atoms with E-state index in [4.69, 9.17) is 0 Å². The molecule has 0 bridgehead atoms. The Labute approximate surface area is 200 Å². The Balaban J connectivity index is 1.49. The topological polar surface area (TPSA) is 91.1 Å². The van der Waals surface area contributed by atoms with Crippen LogP contribution in [-0.2, 0) is 27.7 Å². The standard InChI is InChI=1S/C27H29N3O3S/c1-20-13-15-23(16-14-20)34(32,33)30-26(18-22-19-29-25-12-6-5-11-24(22)25)27(31)28-17-7-10-21-8-3-2-4-9-21/h2-6,8-9,11-16,19,26,29-30H,7,10,17-18H2,1H3,(H,28,31). The fourth-order valence-corrected chi connectivity index (χ4v) is 5.15. The molecule has 4 rings (SSSR count). The number of aryl methyl sites for hydroxylation is 2. The van der Waals surface area contributed by atoms with Crippen molar-refractivity contribution in [2.45, 2.75) is 37.1 Å². The van der Waals surface area contributed by atoms with E-state index in [9.17, 15) is 13.2 Å². The molecule has 1 amide bonds. The van der Waals surface area contributed by atoms with Crippen molar-refractivity contribution in [3.05, 3.63) is 102 Å². The smallest absolute Gasteiger partial charge is 0.241 e. The molecule has 3 N–H and O–H groups in total. The number of sulfonamides is 1. The Morgan fingerprint density at radius 1 is 0.941 bits per heavy atom. The largest absolute Gasteiger partial charge is 0.361 e. The van der Waals surface area contributed by atoms with Crippen LogP contribution in [0.15, 0.2) is 90.0 Å². The Morgan fingerprint density at radius 3 is 2.41 bits per heavy atom. The third-order valence-corrected chi connectivity index (χ3v) is 7.32. The van der Waals surface area contributed by atoms with Crippen molar-refractivity contribution in [3.63, 3.8) is 0 Å². The van der Waals surface area contributed by atoms with Crippen LogP contribution in [0.4, 0.5) is 0 Å². The van der Waals surface area contributed by atoms with Gasteiger partial charge < -0.3 is 10.3 Å². The maximum Gasteiger partial charge on any atom is 0.241 e. The first-order valence-corrected chi connectivity index (χ1v) is 12.9. The molecular weight excluding hydrogens is 446 g/mol. The van der Waals surface area contributed by atoms with Gasteiger partial charge in [-0.15, -0.1) is 0 Å². The van der Waals surface area contributed by atoms with Gasteiger partial charge in [-0.05, 0) is 55.5 Å². The highest BCUT2D eigenvalue weighted by atomic mass is 32.2. The highest BCUT2D eigenvalue weighted by molar-refractivity contribution is 7.89. The van der Waals surface area contributed by atoms with Crippen molar-refractivity contribution in [1.29, 1.82) is 0 Å². The molecule has 0 aliphatic rings. The molecule has 0 fully saturated rings. The van der Waals surface area contributed by atoms with Crippen LogP contribution in [0.2, 0.25) is 0 Å². The number of hydrogen-bond acceptors (Lipinski definition) is 3. The molecule has 1 heterocycles. The van der Waals surface area contributed by atoms with Gasteiger partial charge in [-0.1, -0.05) is 66.2 Å². The maximum atomic E-state index is 13.1. The molecule has 6 nitrogen and oxygen atoms in total. The van der Waals surface area contributed by atoms with Crippen molar-refractivity contribution in [1.82, 2.24) is 15.0 Å². The number of nitrogens with one attached hydrogen (secondary N) is 3. The van der Waals surface area contributed by atoms with Crippen LogP contribution < -0.4 is 10.0 Å². The molecule has 176 valence electrons. The summed E-state index contributed by atoms with van der Waals surface area (Å²) in [7, 11) is -3.87. The summed E-state index contributed by atoms with van der Waals surface area (Å²) in [5.41, 5.74) is 3.99. The Morgan fingerprint density at radius 2 is 1.65 bits per heavy atom. The fraction of sp³-hybridized carbons (Fsp3) is 0.222. The van der Waals surface area contributed by atoms with Gasteiger partial charge >= 0.3 is 0 Å². The molecule has 4 aromatic rings. The average Bonchev–Trinajstić information content (AvgIpc) is 3.25. The summed E-state index contributed by atoms with van der Waals surface area (Å²) in [5.74, 6) is -0.339. The number of H-pyrrole nitrogens is 1. The molecular formula is C27H29N3O3S. The number of para-hydroxylation sites is 1. The van der Waals surface area contributed by atoms with Gasteiger partial charge in [0.05, 0.1) is 4.90 Å². The number of amides is 1. The second-order valence-corrected chi connectivity index (χ2v) is 10.1. The first kappa shape index (κ1) is 23.7. The summed E-state index contributed by atoms with van der Waals surface area (Å²) < 4.78 is 28.8. The summed E-state index contributed by atoms with van der Waals surface area (Å²) in [6.45, 7) is 2.36. The van der Waals surface area contributed by atoms with Crippen LogP contribution in [-0.4, -0.2) is 31.9 Å². The highest BCUT2D eigenvalue weighted by Crippen LogP contribution is 2.20. The zero-order valence-electron chi connectivity index (χ0n) is 19.1. The van der Waals surface area contributed by atoms with E-state index in [1.54, 1.807) is 24.3 Å². The Bertz CT molecular complexity index is 1350. The van der Waals surface area contributed by atoms with E-state index in [2.05, 4.69) is 27.2 Å². The molecule has 0 aliphatic heterocycles. The van der Waals surface area contributed by atoms with Crippen LogP contribution >= 0.6 is 0 Å². The summed E-state index contributed by atoms with van der Waals surface area (Å²) >= 11 is 0. The zero-order valence-corrected chi connectivity index (χ0v) is 19.9. The lowest BCUT2D eigenvalue weighted by molar-refractivity contribution is -0.122. The molecule has 1 aromatic heterocycles. The van der Waals surface area contributed by atoms with Crippen molar-refractivity contribution in [3.8, 4) is 0 Å². The molecule has 1 unspecified atom stereocenters. The molecule has 0 spiro atoms. The summed E-state index contributed by atoms with van der Waals surface area (Å²) in [6, 6.07) is 23.5. The van der Waals surface area contributed by atoms with Gasteiger partial charge in [0, 0.05) is 23.6 Å². The van der Waals surface area contributed by atoms with Gasteiger partial charge in [-0.25, -0.2) is 8.42 Å². The number of rotatable bonds is 10. The number of fused-ring (bicyclic) bond motifs is 1. The maximum absolute atomic E-state index is 13.1. The molecule has 34 heavy (non-hydrogen) atoms. The molecule has 7 heteroatoms. The first-order chi connectivity index (χ1) is 16.4. The van der Waals surface area contributed by atoms with E-state index >= 15 is 0 Å². The van der Waals surface area contributed by atoms with E-state index in [1.807, 2.05) is 55.6 Å². The molecule has 0 saturated carbocycles. The van der Waals surface area contributed by atoms with E-state index in [0.717, 1.165) is 34.9 Å². The molecule has 3 aromatic carbocycles.